The zero-order chi connectivity index (χ0) is 19.7. The molecule has 2 aromatic rings. The first-order valence-corrected chi connectivity index (χ1v) is 8.74. The molecule has 0 aliphatic carbocycles. The van der Waals surface area contributed by atoms with E-state index in [1.165, 1.54) is 4.90 Å². The number of anilines is 2. The first-order valence-electron chi connectivity index (χ1n) is 8.74. The van der Waals surface area contributed by atoms with E-state index in [1.54, 1.807) is 52.0 Å². The molecule has 3 rings (SSSR count). The molecule has 0 fully saturated rings. The summed E-state index contributed by atoms with van der Waals surface area (Å²) in [5.74, 6) is -0.0472. The summed E-state index contributed by atoms with van der Waals surface area (Å²) in [6, 6.07) is 6.70. The number of ether oxygens (including phenoxy) is 1. The number of benzene rings is 1. The molecule has 0 saturated heterocycles. The van der Waals surface area contributed by atoms with Gasteiger partial charge in [-0.05, 0) is 39.8 Å². The first-order chi connectivity index (χ1) is 12.8. The van der Waals surface area contributed by atoms with E-state index in [9.17, 15) is 14.4 Å². The van der Waals surface area contributed by atoms with E-state index in [2.05, 4.69) is 5.32 Å². The van der Waals surface area contributed by atoms with Crippen molar-refractivity contribution in [2.75, 3.05) is 16.8 Å². The molecule has 27 heavy (non-hydrogen) atoms. The van der Waals surface area contributed by atoms with Crippen LogP contribution >= 0.6 is 0 Å². The average Bonchev–Trinajstić information content (AvgIpc) is 2.78. The molecule has 1 atom stereocenters. The molecule has 1 aromatic carbocycles. The van der Waals surface area contributed by atoms with Gasteiger partial charge in [0.25, 0.3) is 5.91 Å². The molecule has 1 aromatic heterocycles. The summed E-state index contributed by atoms with van der Waals surface area (Å²) in [6.45, 7) is 6.59. The Bertz CT molecular complexity index is 915. The number of hydrogen-bond acceptors (Lipinski definition) is 5. The average molecular weight is 370 g/mol. The summed E-state index contributed by atoms with van der Waals surface area (Å²) in [7, 11) is 0. The zero-order valence-corrected chi connectivity index (χ0v) is 15.8. The Morgan fingerprint density at radius 3 is 2.59 bits per heavy atom. The van der Waals surface area contributed by atoms with E-state index in [1.807, 2.05) is 0 Å². The molecular weight excluding hydrogens is 348 g/mol. The van der Waals surface area contributed by atoms with Gasteiger partial charge in [0.05, 0.1) is 11.4 Å². The number of nitrogens with one attached hydrogen (secondary N) is 1. The van der Waals surface area contributed by atoms with Crippen molar-refractivity contribution < 1.29 is 23.5 Å². The molecule has 1 N–H and O–H groups in total. The molecule has 0 bridgehead atoms. The van der Waals surface area contributed by atoms with Crippen LogP contribution < -0.4 is 10.2 Å². The predicted molar refractivity (Wildman–Crippen MR) is 99.8 cm³/mol. The number of amides is 2. The molecule has 2 heterocycles. The van der Waals surface area contributed by atoms with Crippen molar-refractivity contribution in [3.8, 4) is 0 Å². The molecule has 7 heteroatoms. The fourth-order valence-corrected chi connectivity index (χ4v) is 3.33. The number of carbonyl (C=O) groups is 3. The van der Waals surface area contributed by atoms with E-state index in [0.717, 1.165) is 0 Å². The maximum atomic E-state index is 12.8. The van der Waals surface area contributed by atoms with Gasteiger partial charge in [0.2, 0.25) is 5.91 Å². The third-order valence-electron chi connectivity index (χ3n) is 4.72. The monoisotopic (exact) mass is 370 g/mol. The zero-order valence-electron chi connectivity index (χ0n) is 15.8. The second-order valence-electron chi connectivity index (χ2n) is 6.67. The van der Waals surface area contributed by atoms with Crippen LogP contribution in [0.4, 0.5) is 11.4 Å². The van der Waals surface area contributed by atoms with Crippen LogP contribution in [0.5, 0.6) is 0 Å². The van der Waals surface area contributed by atoms with Gasteiger partial charge < -0.3 is 19.4 Å². The van der Waals surface area contributed by atoms with Gasteiger partial charge in [-0.15, -0.1) is 0 Å². The van der Waals surface area contributed by atoms with E-state index in [4.69, 9.17) is 9.15 Å². The number of rotatable bonds is 3. The van der Waals surface area contributed by atoms with Gasteiger partial charge in [-0.3, -0.25) is 9.59 Å². The number of fused-ring (bicyclic) bond motifs is 1. The number of furan rings is 1. The molecule has 1 unspecified atom stereocenters. The summed E-state index contributed by atoms with van der Waals surface area (Å²) in [5, 5.41) is 2.79. The lowest BCUT2D eigenvalue weighted by Gasteiger charge is -2.27. The van der Waals surface area contributed by atoms with Gasteiger partial charge in [-0.25, -0.2) is 4.79 Å². The van der Waals surface area contributed by atoms with Gasteiger partial charge in [-0.1, -0.05) is 12.1 Å². The van der Waals surface area contributed by atoms with Crippen molar-refractivity contribution in [2.24, 2.45) is 0 Å². The number of aryl methyl sites for hydroxylation is 2. The third kappa shape index (κ3) is 3.58. The molecule has 7 nitrogen and oxygen atoms in total. The molecule has 0 radical (unpaired) electrons. The van der Waals surface area contributed by atoms with E-state index in [-0.39, 0.29) is 18.4 Å². The second-order valence-corrected chi connectivity index (χ2v) is 6.67. The minimum atomic E-state index is -0.597. The number of carbonyl (C=O) groups excluding carboxylic acids is 3. The second kappa shape index (κ2) is 7.26. The lowest BCUT2D eigenvalue weighted by Crippen LogP contribution is -2.41. The van der Waals surface area contributed by atoms with Crippen LogP contribution in [0.2, 0.25) is 0 Å². The van der Waals surface area contributed by atoms with E-state index < -0.39 is 18.5 Å². The summed E-state index contributed by atoms with van der Waals surface area (Å²) >= 11 is 0. The smallest absolute Gasteiger partial charge is 0.342 e. The molecule has 0 spiro atoms. The Kier molecular flexibility index (Phi) is 5.03. The number of esters is 1. The Morgan fingerprint density at radius 1 is 1.22 bits per heavy atom. The van der Waals surface area contributed by atoms with Gasteiger partial charge in [0, 0.05) is 18.0 Å². The van der Waals surface area contributed by atoms with Crippen LogP contribution in [-0.2, 0) is 14.3 Å². The Balaban J connectivity index is 1.79. The normalized spacial score (nSPS) is 16.4. The highest BCUT2D eigenvalue weighted by Gasteiger charge is 2.30. The van der Waals surface area contributed by atoms with E-state index in [0.29, 0.717) is 34.0 Å². The standard InChI is InChI=1S/C20H22N2O5/c1-11-9-17(23)21-15-7-5-6-8-16(15)22(11)18(24)10-26-20(25)19-12(2)13(3)27-14(19)4/h5-8,11H,9-10H2,1-4H3,(H,21,23). The van der Waals surface area contributed by atoms with Gasteiger partial charge >= 0.3 is 5.97 Å². The lowest BCUT2D eigenvalue weighted by atomic mass is 10.1. The summed E-state index contributed by atoms with van der Waals surface area (Å²) in [4.78, 5) is 38.8. The van der Waals surface area contributed by atoms with Crippen molar-refractivity contribution in [3.63, 3.8) is 0 Å². The third-order valence-corrected chi connectivity index (χ3v) is 4.72. The highest BCUT2D eigenvalue weighted by Crippen LogP contribution is 2.31. The molecule has 1 aliphatic rings. The van der Waals surface area contributed by atoms with Gasteiger partial charge in [0.1, 0.15) is 17.1 Å². The molecule has 0 saturated carbocycles. The number of para-hydroxylation sites is 2. The van der Waals surface area contributed by atoms with Crippen molar-refractivity contribution in [1.82, 2.24) is 0 Å². The van der Waals surface area contributed by atoms with Crippen molar-refractivity contribution in [2.45, 2.75) is 40.2 Å². The fraction of sp³-hybridized carbons (Fsp3) is 0.350. The highest BCUT2D eigenvalue weighted by molar-refractivity contribution is 6.05. The van der Waals surface area contributed by atoms with Crippen molar-refractivity contribution in [1.29, 1.82) is 0 Å². The SMILES string of the molecule is Cc1oc(C)c(C(=O)OCC(=O)N2c3ccccc3NC(=O)CC2C)c1C. The van der Waals surface area contributed by atoms with Crippen LogP contribution in [0, 0.1) is 20.8 Å². The predicted octanol–water partition coefficient (Wildman–Crippen LogP) is 3.13. The van der Waals surface area contributed by atoms with Crippen LogP contribution in [0.3, 0.4) is 0 Å². The Labute approximate surface area is 157 Å². The quantitative estimate of drug-likeness (QED) is 0.839. The Morgan fingerprint density at radius 2 is 1.93 bits per heavy atom. The fourth-order valence-electron chi connectivity index (χ4n) is 3.33. The highest BCUT2D eigenvalue weighted by atomic mass is 16.5. The molecule has 1 aliphatic heterocycles. The van der Waals surface area contributed by atoms with Gasteiger partial charge in [0.15, 0.2) is 6.61 Å². The number of nitrogens with zero attached hydrogens (tertiary/aromatic N) is 1. The van der Waals surface area contributed by atoms with Crippen LogP contribution in [0.25, 0.3) is 0 Å². The topological polar surface area (TPSA) is 88.8 Å². The van der Waals surface area contributed by atoms with E-state index >= 15 is 0 Å². The van der Waals surface area contributed by atoms with Crippen molar-refractivity contribution >= 4 is 29.2 Å². The van der Waals surface area contributed by atoms with Gasteiger partial charge in [-0.2, -0.15) is 0 Å². The summed E-state index contributed by atoms with van der Waals surface area (Å²) in [6.07, 6.45) is 0.160. The number of hydrogen-bond donors (Lipinski definition) is 1. The minimum absolute atomic E-state index is 0.160. The molecule has 142 valence electrons. The largest absolute Gasteiger partial charge is 0.465 e. The summed E-state index contributed by atoms with van der Waals surface area (Å²) in [5.41, 5.74) is 2.20. The lowest BCUT2D eigenvalue weighted by molar-refractivity contribution is -0.122. The molecular formula is C20H22N2O5. The summed E-state index contributed by atoms with van der Waals surface area (Å²) < 4.78 is 10.7. The maximum absolute atomic E-state index is 12.8. The first kappa shape index (κ1) is 18.7. The van der Waals surface area contributed by atoms with Crippen LogP contribution in [-0.4, -0.2) is 30.4 Å². The maximum Gasteiger partial charge on any atom is 0.342 e. The minimum Gasteiger partial charge on any atom is -0.465 e. The van der Waals surface area contributed by atoms with Crippen LogP contribution in [0.1, 0.15) is 40.8 Å². The van der Waals surface area contributed by atoms with Crippen LogP contribution in [0.15, 0.2) is 28.7 Å². The van der Waals surface area contributed by atoms with Crippen molar-refractivity contribution in [3.05, 3.63) is 46.9 Å². The molecule has 2 amide bonds. The Hall–Kier alpha value is -3.09.